The molecule has 16 heavy (non-hydrogen) atoms. The third kappa shape index (κ3) is 2.72. The summed E-state index contributed by atoms with van der Waals surface area (Å²) in [5.74, 6) is 5.87. The molecule has 0 spiro atoms. The van der Waals surface area contributed by atoms with Crippen LogP contribution in [0.5, 0.6) is 0 Å². The molecule has 2 aromatic rings. The second-order valence-corrected chi connectivity index (χ2v) is 4.46. The van der Waals surface area contributed by atoms with Gasteiger partial charge in [0.15, 0.2) is 0 Å². The molecule has 0 aliphatic heterocycles. The Morgan fingerprint density at radius 1 is 1.56 bits per heavy atom. The van der Waals surface area contributed by atoms with Crippen molar-refractivity contribution < 1.29 is 0 Å². The smallest absolute Gasteiger partial charge is 0.0752 e. The van der Waals surface area contributed by atoms with Crippen molar-refractivity contribution in [3.8, 4) is 11.8 Å². The van der Waals surface area contributed by atoms with E-state index in [4.69, 9.17) is 5.73 Å². The first-order chi connectivity index (χ1) is 7.78. The summed E-state index contributed by atoms with van der Waals surface area (Å²) in [4.78, 5) is 1.25. The van der Waals surface area contributed by atoms with Crippen LogP contribution in [-0.4, -0.2) is 16.3 Å². The van der Waals surface area contributed by atoms with E-state index in [1.165, 1.54) is 4.88 Å². The highest BCUT2D eigenvalue weighted by Gasteiger charge is 2.00. The molecular formula is C12H13N3S. The highest BCUT2D eigenvalue weighted by Crippen LogP contribution is 2.15. The van der Waals surface area contributed by atoms with Crippen molar-refractivity contribution in [1.29, 1.82) is 0 Å². The highest BCUT2D eigenvalue weighted by atomic mass is 32.1. The van der Waals surface area contributed by atoms with Crippen LogP contribution in [0.4, 0.5) is 0 Å². The van der Waals surface area contributed by atoms with Crippen molar-refractivity contribution in [3.63, 3.8) is 0 Å². The molecule has 0 atom stereocenters. The maximum atomic E-state index is 5.33. The van der Waals surface area contributed by atoms with Crippen LogP contribution < -0.4 is 5.73 Å². The lowest BCUT2D eigenvalue weighted by molar-refractivity contribution is 0.687. The van der Waals surface area contributed by atoms with Crippen LogP contribution in [-0.2, 0) is 6.54 Å². The Labute approximate surface area is 98.9 Å². The van der Waals surface area contributed by atoms with E-state index in [0.717, 1.165) is 17.8 Å². The second-order valence-electron chi connectivity index (χ2n) is 3.46. The molecule has 0 saturated carbocycles. The molecule has 0 saturated heterocycles. The molecule has 2 N–H and O–H groups in total. The monoisotopic (exact) mass is 231 g/mol. The number of aryl methyl sites for hydroxylation is 1. The normalized spacial score (nSPS) is 9.88. The Morgan fingerprint density at radius 2 is 2.44 bits per heavy atom. The van der Waals surface area contributed by atoms with Gasteiger partial charge in [-0.05, 0) is 19.1 Å². The van der Waals surface area contributed by atoms with Crippen LogP contribution in [0, 0.1) is 18.8 Å². The fourth-order valence-electron chi connectivity index (χ4n) is 1.39. The summed E-state index contributed by atoms with van der Waals surface area (Å²) in [6.45, 7) is 3.20. The second kappa shape index (κ2) is 4.97. The predicted octanol–water partition coefficient (Wildman–Crippen LogP) is 1.61. The van der Waals surface area contributed by atoms with Gasteiger partial charge in [0.05, 0.1) is 18.8 Å². The van der Waals surface area contributed by atoms with Crippen LogP contribution in [0.3, 0.4) is 0 Å². The third-order valence-electron chi connectivity index (χ3n) is 2.08. The Bertz CT molecular complexity index is 528. The molecule has 0 aliphatic rings. The SMILES string of the molecule is Cc1ccn(Cc2cc(C#CCN)cs2)n1. The summed E-state index contributed by atoms with van der Waals surface area (Å²) in [5, 5.41) is 6.39. The lowest BCUT2D eigenvalue weighted by Gasteiger charge is -1.96. The molecule has 0 amide bonds. The molecule has 0 fully saturated rings. The molecule has 0 aromatic carbocycles. The summed E-state index contributed by atoms with van der Waals surface area (Å²) >= 11 is 1.70. The average molecular weight is 231 g/mol. The summed E-state index contributed by atoms with van der Waals surface area (Å²) in [6.07, 6.45) is 1.99. The van der Waals surface area contributed by atoms with Gasteiger partial charge in [-0.25, -0.2) is 0 Å². The van der Waals surface area contributed by atoms with Crippen molar-refractivity contribution in [2.45, 2.75) is 13.5 Å². The number of thiophene rings is 1. The van der Waals surface area contributed by atoms with Crippen molar-refractivity contribution >= 4 is 11.3 Å². The number of hydrogen-bond acceptors (Lipinski definition) is 3. The number of hydrogen-bond donors (Lipinski definition) is 1. The summed E-state index contributed by atoms with van der Waals surface area (Å²) in [5.41, 5.74) is 7.40. The quantitative estimate of drug-likeness (QED) is 0.798. The standard InChI is InChI=1S/C12H13N3S/c1-10-4-6-15(14-10)8-12-7-11(9-16-12)3-2-5-13/h4,6-7,9H,5,8,13H2,1H3. The van der Waals surface area contributed by atoms with Gasteiger partial charge in [0.2, 0.25) is 0 Å². The molecule has 0 aliphatic carbocycles. The fraction of sp³-hybridized carbons (Fsp3) is 0.250. The first-order valence-corrected chi connectivity index (χ1v) is 5.92. The molecular weight excluding hydrogens is 218 g/mol. The van der Waals surface area contributed by atoms with Crippen LogP contribution in [0.1, 0.15) is 16.1 Å². The summed E-state index contributed by atoms with van der Waals surface area (Å²) in [6, 6.07) is 4.09. The maximum absolute atomic E-state index is 5.33. The van der Waals surface area contributed by atoms with Crippen molar-refractivity contribution in [1.82, 2.24) is 9.78 Å². The lowest BCUT2D eigenvalue weighted by Crippen LogP contribution is -1.98. The van der Waals surface area contributed by atoms with E-state index < -0.39 is 0 Å². The molecule has 2 heterocycles. The van der Waals surface area contributed by atoms with Gasteiger partial charge in [0, 0.05) is 22.0 Å². The molecule has 4 heteroatoms. The minimum atomic E-state index is 0.406. The number of rotatable bonds is 2. The van der Waals surface area contributed by atoms with Crippen molar-refractivity contribution in [3.05, 3.63) is 39.8 Å². The molecule has 0 bridgehead atoms. The van der Waals surface area contributed by atoms with Gasteiger partial charge in [-0.15, -0.1) is 11.3 Å². The van der Waals surface area contributed by atoms with E-state index in [9.17, 15) is 0 Å². The predicted molar refractivity (Wildman–Crippen MR) is 66.3 cm³/mol. The van der Waals surface area contributed by atoms with Crippen LogP contribution >= 0.6 is 11.3 Å². The van der Waals surface area contributed by atoms with Gasteiger partial charge < -0.3 is 5.73 Å². The van der Waals surface area contributed by atoms with E-state index in [2.05, 4.69) is 23.0 Å². The van der Waals surface area contributed by atoms with Crippen LogP contribution in [0.25, 0.3) is 0 Å². The average Bonchev–Trinajstić information content (AvgIpc) is 2.86. The molecule has 2 rings (SSSR count). The molecule has 0 radical (unpaired) electrons. The highest BCUT2D eigenvalue weighted by molar-refractivity contribution is 7.10. The van der Waals surface area contributed by atoms with Gasteiger partial charge in [-0.2, -0.15) is 5.10 Å². The fourth-order valence-corrected chi connectivity index (χ4v) is 2.20. The minimum Gasteiger partial charge on any atom is -0.320 e. The van der Waals surface area contributed by atoms with Gasteiger partial charge in [-0.3, -0.25) is 4.68 Å². The number of nitrogens with zero attached hydrogens (tertiary/aromatic N) is 2. The largest absolute Gasteiger partial charge is 0.320 e. The van der Waals surface area contributed by atoms with Gasteiger partial charge in [0.1, 0.15) is 0 Å². The van der Waals surface area contributed by atoms with Gasteiger partial charge in [-0.1, -0.05) is 11.8 Å². The van der Waals surface area contributed by atoms with Crippen molar-refractivity contribution in [2.24, 2.45) is 5.73 Å². The topological polar surface area (TPSA) is 43.8 Å². The van der Waals surface area contributed by atoms with E-state index in [1.807, 2.05) is 29.2 Å². The van der Waals surface area contributed by atoms with Gasteiger partial charge >= 0.3 is 0 Å². The Balaban J connectivity index is 2.08. The van der Waals surface area contributed by atoms with Gasteiger partial charge in [0.25, 0.3) is 0 Å². The minimum absolute atomic E-state index is 0.406. The zero-order valence-electron chi connectivity index (χ0n) is 9.10. The first kappa shape index (κ1) is 10.9. The van der Waals surface area contributed by atoms with E-state index in [-0.39, 0.29) is 0 Å². The number of aromatic nitrogens is 2. The Hall–Kier alpha value is -1.57. The van der Waals surface area contributed by atoms with Crippen LogP contribution in [0.15, 0.2) is 23.7 Å². The van der Waals surface area contributed by atoms with E-state index >= 15 is 0 Å². The van der Waals surface area contributed by atoms with Crippen LogP contribution in [0.2, 0.25) is 0 Å². The number of nitrogens with two attached hydrogens (primary N) is 1. The Morgan fingerprint density at radius 3 is 3.12 bits per heavy atom. The molecule has 3 nitrogen and oxygen atoms in total. The molecule has 0 unspecified atom stereocenters. The molecule has 2 aromatic heterocycles. The Kier molecular flexibility index (Phi) is 3.40. The van der Waals surface area contributed by atoms with Crippen molar-refractivity contribution in [2.75, 3.05) is 6.54 Å². The lowest BCUT2D eigenvalue weighted by atomic mass is 10.3. The molecule has 82 valence electrons. The zero-order valence-corrected chi connectivity index (χ0v) is 9.92. The third-order valence-corrected chi connectivity index (χ3v) is 3.00. The van der Waals surface area contributed by atoms with E-state index in [1.54, 1.807) is 11.3 Å². The first-order valence-electron chi connectivity index (χ1n) is 5.04. The zero-order chi connectivity index (χ0) is 11.4. The summed E-state index contributed by atoms with van der Waals surface area (Å²) in [7, 11) is 0. The van der Waals surface area contributed by atoms with E-state index in [0.29, 0.717) is 6.54 Å². The summed E-state index contributed by atoms with van der Waals surface area (Å²) < 4.78 is 1.93. The maximum Gasteiger partial charge on any atom is 0.0752 e.